The summed E-state index contributed by atoms with van der Waals surface area (Å²) < 4.78 is 4.06. The molecule has 4 aromatic heterocycles. The molecule has 0 fully saturated rings. The van der Waals surface area contributed by atoms with Crippen molar-refractivity contribution in [1.29, 1.82) is 5.26 Å². The van der Waals surface area contributed by atoms with Gasteiger partial charge in [0.2, 0.25) is 5.78 Å². The second kappa shape index (κ2) is 7.72. The van der Waals surface area contributed by atoms with Gasteiger partial charge in [0.05, 0.1) is 40.3 Å². The zero-order valence-corrected chi connectivity index (χ0v) is 19.4. The van der Waals surface area contributed by atoms with Crippen LogP contribution in [0.25, 0.3) is 55.4 Å². The molecule has 0 saturated carbocycles. The fraction of sp³-hybridized carbons (Fsp3) is 0.0690. The molecule has 1 unspecified atom stereocenters. The summed E-state index contributed by atoms with van der Waals surface area (Å²) in [5.41, 5.74) is 7.83. The van der Waals surface area contributed by atoms with E-state index in [1.807, 2.05) is 66.2 Å². The second-order valence-corrected chi connectivity index (χ2v) is 8.92. The molecule has 1 atom stereocenters. The number of benzene rings is 3. The highest BCUT2D eigenvalue weighted by atomic mass is 15.3. The predicted molar refractivity (Wildman–Crippen MR) is 140 cm³/mol. The lowest BCUT2D eigenvalue weighted by atomic mass is 10.0. The Labute approximate surface area is 205 Å². The molecule has 0 radical (unpaired) electrons. The van der Waals surface area contributed by atoms with Crippen molar-refractivity contribution in [2.75, 3.05) is 0 Å². The van der Waals surface area contributed by atoms with Crippen molar-refractivity contribution in [1.82, 2.24) is 29.1 Å². The smallest absolute Gasteiger partial charge is 0.241 e. The van der Waals surface area contributed by atoms with Crippen molar-refractivity contribution < 1.29 is 0 Å². The minimum atomic E-state index is -0.170. The van der Waals surface area contributed by atoms with Crippen LogP contribution in [0.1, 0.15) is 18.4 Å². The Balaban J connectivity index is 1.49. The molecule has 36 heavy (non-hydrogen) atoms. The van der Waals surface area contributed by atoms with E-state index in [2.05, 4.69) is 56.1 Å². The van der Waals surface area contributed by atoms with Gasteiger partial charge in [-0.2, -0.15) is 5.26 Å². The molecule has 0 saturated heterocycles. The Morgan fingerprint density at radius 3 is 2.56 bits per heavy atom. The monoisotopic (exact) mass is 465 g/mol. The maximum absolute atomic E-state index is 9.30. The first kappa shape index (κ1) is 20.3. The van der Waals surface area contributed by atoms with E-state index in [0.29, 0.717) is 5.78 Å². The zero-order valence-electron chi connectivity index (χ0n) is 19.4. The molecule has 0 spiro atoms. The molecule has 0 amide bonds. The molecule has 3 aromatic carbocycles. The van der Waals surface area contributed by atoms with Crippen LogP contribution in [0.5, 0.6) is 0 Å². The van der Waals surface area contributed by atoms with Gasteiger partial charge in [-0.1, -0.05) is 36.4 Å². The third-order valence-corrected chi connectivity index (χ3v) is 6.80. The van der Waals surface area contributed by atoms with Gasteiger partial charge >= 0.3 is 0 Å². The molecule has 7 rings (SSSR count). The molecular formula is C29H19N7. The summed E-state index contributed by atoms with van der Waals surface area (Å²) in [4.78, 5) is 9.39. The van der Waals surface area contributed by atoms with Gasteiger partial charge in [-0.05, 0) is 54.4 Å². The Morgan fingerprint density at radius 2 is 1.69 bits per heavy atom. The van der Waals surface area contributed by atoms with Crippen molar-refractivity contribution in [2.45, 2.75) is 12.8 Å². The molecule has 0 aliphatic rings. The SMILES string of the molecule is CC(C#N)c1ccc(-n2c3c4cc(-c5cnc6ccccc6c5)ccc4ncc3n3cnnc23)cc1. The van der Waals surface area contributed by atoms with Crippen molar-refractivity contribution in [3.05, 3.63) is 97.1 Å². The number of nitrogens with zero attached hydrogens (tertiary/aromatic N) is 7. The Hall–Kier alpha value is -5.09. The molecular weight excluding hydrogens is 446 g/mol. The number of aromatic nitrogens is 6. The van der Waals surface area contributed by atoms with Gasteiger partial charge < -0.3 is 0 Å². The van der Waals surface area contributed by atoms with Gasteiger partial charge in [-0.15, -0.1) is 10.2 Å². The van der Waals surface area contributed by atoms with E-state index in [1.165, 1.54) is 0 Å². The minimum absolute atomic E-state index is 0.170. The van der Waals surface area contributed by atoms with Crippen LogP contribution in [0.2, 0.25) is 0 Å². The van der Waals surface area contributed by atoms with E-state index < -0.39 is 0 Å². The molecule has 7 aromatic rings. The molecule has 7 nitrogen and oxygen atoms in total. The lowest BCUT2D eigenvalue weighted by Crippen LogP contribution is -1.98. The van der Waals surface area contributed by atoms with Crippen LogP contribution in [0, 0.1) is 11.3 Å². The van der Waals surface area contributed by atoms with E-state index in [1.54, 1.807) is 6.33 Å². The van der Waals surface area contributed by atoms with Crippen LogP contribution in [-0.2, 0) is 0 Å². The molecule has 0 aliphatic heterocycles. The molecule has 4 heterocycles. The summed E-state index contributed by atoms with van der Waals surface area (Å²) in [7, 11) is 0. The normalized spacial score (nSPS) is 12.4. The fourth-order valence-corrected chi connectivity index (χ4v) is 4.87. The number of rotatable bonds is 3. The first-order chi connectivity index (χ1) is 17.7. The lowest BCUT2D eigenvalue weighted by molar-refractivity contribution is 0.977. The van der Waals surface area contributed by atoms with Gasteiger partial charge in [0.1, 0.15) is 6.33 Å². The first-order valence-corrected chi connectivity index (χ1v) is 11.7. The standard InChI is InChI=1S/C29H19N7/c1-18(14-30)19-6-9-23(10-7-19)36-28-24-13-20(22-12-21-4-2-3-5-25(21)31-15-22)8-11-26(24)32-16-27(28)35-17-33-34-29(35)36/h2-13,15-18H,1H3. The second-order valence-electron chi connectivity index (χ2n) is 8.92. The highest BCUT2D eigenvalue weighted by molar-refractivity contribution is 6.06. The molecule has 170 valence electrons. The van der Waals surface area contributed by atoms with Crippen LogP contribution in [0.15, 0.2) is 91.5 Å². The zero-order chi connectivity index (χ0) is 24.2. The van der Waals surface area contributed by atoms with E-state index in [-0.39, 0.29) is 5.92 Å². The Bertz CT molecular complexity index is 1970. The van der Waals surface area contributed by atoms with E-state index in [0.717, 1.165) is 55.2 Å². The van der Waals surface area contributed by atoms with Crippen LogP contribution < -0.4 is 0 Å². The summed E-state index contributed by atoms with van der Waals surface area (Å²) in [6.45, 7) is 1.90. The third-order valence-electron chi connectivity index (χ3n) is 6.80. The lowest BCUT2D eigenvalue weighted by Gasteiger charge is -2.10. The number of hydrogen-bond donors (Lipinski definition) is 0. The highest BCUT2D eigenvalue weighted by Crippen LogP contribution is 2.33. The summed E-state index contributed by atoms with van der Waals surface area (Å²) in [6.07, 6.45) is 5.50. The number of nitriles is 1. The molecule has 0 bridgehead atoms. The fourth-order valence-electron chi connectivity index (χ4n) is 4.87. The number of pyridine rings is 2. The molecule has 0 N–H and O–H groups in total. The van der Waals surface area contributed by atoms with Crippen molar-refractivity contribution in [2.24, 2.45) is 0 Å². The van der Waals surface area contributed by atoms with Crippen LogP contribution >= 0.6 is 0 Å². The van der Waals surface area contributed by atoms with Crippen molar-refractivity contribution >= 4 is 38.6 Å². The minimum Gasteiger partial charge on any atom is -0.276 e. The quantitative estimate of drug-likeness (QED) is 0.316. The summed E-state index contributed by atoms with van der Waals surface area (Å²) in [6, 6.07) is 27.0. The summed E-state index contributed by atoms with van der Waals surface area (Å²) in [5, 5.41) is 20.0. The summed E-state index contributed by atoms with van der Waals surface area (Å²) >= 11 is 0. The number of imidazole rings is 1. The molecule has 0 aliphatic carbocycles. The largest absolute Gasteiger partial charge is 0.276 e. The number of hydrogen-bond acceptors (Lipinski definition) is 5. The van der Waals surface area contributed by atoms with Crippen LogP contribution in [0.3, 0.4) is 0 Å². The first-order valence-electron chi connectivity index (χ1n) is 11.7. The van der Waals surface area contributed by atoms with E-state index >= 15 is 0 Å². The van der Waals surface area contributed by atoms with Crippen LogP contribution in [0.4, 0.5) is 0 Å². The van der Waals surface area contributed by atoms with Gasteiger partial charge in [0.15, 0.2) is 0 Å². The van der Waals surface area contributed by atoms with Crippen molar-refractivity contribution in [3.63, 3.8) is 0 Å². The van der Waals surface area contributed by atoms with Crippen molar-refractivity contribution in [3.8, 4) is 22.9 Å². The maximum atomic E-state index is 9.30. The average molecular weight is 466 g/mol. The number of para-hydroxylation sites is 1. The average Bonchev–Trinajstić information content (AvgIpc) is 3.53. The number of fused-ring (bicyclic) bond motifs is 6. The van der Waals surface area contributed by atoms with Gasteiger partial charge in [0, 0.05) is 28.2 Å². The molecule has 7 heteroatoms. The predicted octanol–water partition coefficient (Wildman–Crippen LogP) is 6.06. The topological polar surface area (TPSA) is 84.7 Å². The van der Waals surface area contributed by atoms with Gasteiger partial charge in [0.25, 0.3) is 0 Å². The highest BCUT2D eigenvalue weighted by Gasteiger charge is 2.18. The van der Waals surface area contributed by atoms with E-state index in [9.17, 15) is 5.26 Å². The Kier molecular flexibility index (Phi) is 4.35. The van der Waals surface area contributed by atoms with Gasteiger partial charge in [-0.25, -0.2) is 0 Å². The third kappa shape index (κ3) is 2.98. The van der Waals surface area contributed by atoms with E-state index in [4.69, 9.17) is 4.98 Å². The maximum Gasteiger partial charge on any atom is 0.241 e. The summed E-state index contributed by atoms with van der Waals surface area (Å²) in [5.74, 6) is 0.537. The van der Waals surface area contributed by atoms with Crippen LogP contribution in [-0.4, -0.2) is 29.1 Å². The Morgan fingerprint density at radius 1 is 0.861 bits per heavy atom. The van der Waals surface area contributed by atoms with Gasteiger partial charge in [-0.3, -0.25) is 18.9 Å².